The molecule has 3 nitrogen and oxygen atoms in total. The number of rotatable bonds is 5. The Labute approximate surface area is 138 Å². The Hall–Kier alpha value is -2.51. The predicted molar refractivity (Wildman–Crippen MR) is 93.2 cm³/mol. The minimum Gasteiger partial charge on any atom is -0.221 e. The molecule has 0 aliphatic rings. The van der Waals surface area contributed by atoms with E-state index in [0.717, 1.165) is 15.4 Å². The molecule has 2 aromatic carbocycles. The van der Waals surface area contributed by atoms with Gasteiger partial charge in [0.1, 0.15) is 0 Å². The van der Waals surface area contributed by atoms with Gasteiger partial charge in [0, 0.05) is 12.5 Å². The lowest BCUT2D eigenvalue weighted by Gasteiger charge is -2.16. The molecule has 2 aromatic rings. The smallest absolute Gasteiger partial charge is 0.221 e. The van der Waals surface area contributed by atoms with Crippen molar-refractivity contribution in [3.05, 3.63) is 78.4 Å². The van der Waals surface area contributed by atoms with Gasteiger partial charge in [0.2, 0.25) is 0 Å². The van der Waals surface area contributed by atoms with E-state index in [1.54, 1.807) is 24.3 Å². The molecule has 118 valence electrons. The minimum absolute atomic E-state index is 0.151. The maximum atomic E-state index is 12.7. The number of nitrogens with zero attached hydrogens (tertiary/aromatic N) is 1. The second-order valence-corrected chi connectivity index (χ2v) is 6.95. The standard InChI is InChI=1S/C19H19NO2S/c1-3-15-20(16-7-10-18-8-5-4-6-9-18)23(21,22)19-13-11-17(2)12-14-19/h3-6,8-9,11-14H,1,10,15H2,2H3. The number of hydrogen-bond donors (Lipinski definition) is 0. The van der Waals surface area contributed by atoms with E-state index in [1.807, 2.05) is 37.3 Å². The van der Waals surface area contributed by atoms with Crippen LogP contribution in [-0.2, 0) is 16.4 Å². The Morgan fingerprint density at radius 3 is 2.35 bits per heavy atom. The van der Waals surface area contributed by atoms with E-state index in [9.17, 15) is 8.42 Å². The van der Waals surface area contributed by atoms with Gasteiger partial charge in [-0.05, 0) is 24.6 Å². The van der Waals surface area contributed by atoms with Gasteiger partial charge in [0.25, 0.3) is 10.0 Å². The van der Waals surface area contributed by atoms with Gasteiger partial charge >= 0.3 is 0 Å². The Kier molecular flexibility index (Phi) is 5.61. The molecule has 0 unspecified atom stereocenters. The molecule has 0 amide bonds. The number of aryl methyl sites for hydroxylation is 1. The first-order valence-electron chi connectivity index (χ1n) is 7.27. The van der Waals surface area contributed by atoms with Crippen molar-refractivity contribution in [2.75, 3.05) is 6.54 Å². The van der Waals surface area contributed by atoms with Crippen LogP contribution < -0.4 is 0 Å². The molecule has 0 aliphatic carbocycles. The van der Waals surface area contributed by atoms with Crippen molar-refractivity contribution >= 4 is 10.0 Å². The van der Waals surface area contributed by atoms with Gasteiger partial charge in [-0.15, -0.1) is 6.58 Å². The zero-order valence-electron chi connectivity index (χ0n) is 13.1. The molecule has 23 heavy (non-hydrogen) atoms. The second-order valence-electron chi connectivity index (χ2n) is 5.09. The molecule has 4 heteroatoms. The summed E-state index contributed by atoms with van der Waals surface area (Å²) in [5.74, 6) is 2.92. The molecule has 0 saturated carbocycles. The Morgan fingerprint density at radius 2 is 1.74 bits per heavy atom. The van der Waals surface area contributed by atoms with Crippen LogP contribution in [-0.4, -0.2) is 19.3 Å². The molecular formula is C19H19NO2S. The van der Waals surface area contributed by atoms with E-state index >= 15 is 0 Å². The van der Waals surface area contributed by atoms with Gasteiger partial charge in [-0.3, -0.25) is 0 Å². The lowest BCUT2D eigenvalue weighted by molar-refractivity contribution is 0.532. The summed E-state index contributed by atoms with van der Waals surface area (Å²) in [5.41, 5.74) is 2.06. The predicted octanol–water partition coefficient (Wildman–Crippen LogP) is 3.38. The molecule has 0 aromatic heterocycles. The van der Waals surface area contributed by atoms with Gasteiger partial charge in [0.05, 0.1) is 11.4 Å². The third kappa shape index (κ3) is 4.48. The van der Waals surface area contributed by atoms with Crippen molar-refractivity contribution in [1.82, 2.24) is 4.31 Å². The van der Waals surface area contributed by atoms with Crippen LogP contribution in [0, 0.1) is 18.9 Å². The molecule has 0 heterocycles. The van der Waals surface area contributed by atoms with E-state index in [2.05, 4.69) is 18.5 Å². The first-order chi connectivity index (χ1) is 11.0. The van der Waals surface area contributed by atoms with E-state index < -0.39 is 10.0 Å². The van der Waals surface area contributed by atoms with Crippen LogP contribution in [0.5, 0.6) is 0 Å². The van der Waals surface area contributed by atoms with Crippen LogP contribution in [0.1, 0.15) is 11.1 Å². The third-order valence-corrected chi connectivity index (χ3v) is 4.93. The average molecular weight is 325 g/mol. The lowest BCUT2D eigenvalue weighted by atomic mass is 10.2. The highest BCUT2D eigenvalue weighted by atomic mass is 32.2. The van der Waals surface area contributed by atoms with Crippen molar-refractivity contribution < 1.29 is 8.42 Å². The summed E-state index contributed by atoms with van der Waals surface area (Å²) < 4.78 is 26.4. The maximum Gasteiger partial charge on any atom is 0.271 e. The highest BCUT2D eigenvalue weighted by molar-refractivity contribution is 7.89. The van der Waals surface area contributed by atoms with E-state index in [1.165, 1.54) is 6.08 Å². The van der Waals surface area contributed by atoms with E-state index in [4.69, 9.17) is 0 Å². The van der Waals surface area contributed by atoms with Crippen LogP contribution in [0.4, 0.5) is 0 Å². The fourth-order valence-corrected chi connectivity index (χ4v) is 3.21. The molecule has 0 fully saturated rings. The van der Waals surface area contributed by atoms with Crippen molar-refractivity contribution in [3.8, 4) is 12.0 Å². The zero-order valence-corrected chi connectivity index (χ0v) is 13.9. The average Bonchev–Trinajstić information content (AvgIpc) is 2.55. The maximum absolute atomic E-state index is 12.7. The SMILES string of the molecule is C=CCN(C#CCc1ccccc1)S(=O)(=O)c1ccc(C)cc1. The number of hydrogen-bond acceptors (Lipinski definition) is 2. The van der Waals surface area contributed by atoms with Crippen LogP contribution in [0.2, 0.25) is 0 Å². The molecule has 0 spiro atoms. The van der Waals surface area contributed by atoms with Crippen molar-refractivity contribution in [2.24, 2.45) is 0 Å². The topological polar surface area (TPSA) is 37.4 Å². The molecule has 0 bridgehead atoms. The summed E-state index contributed by atoms with van der Waals surface area (Å²) in [5, 5.41) is 0. The Morgan fingerprint density at radius 1 is 1.09 bits per heavy atom. The number of benzene rings is 2. The van der Waals surface area contributed by atoms with Crippen molar-refractivity contribution in [1.29, 1.82) is 0 Å². The van der Waals surface area contributed by atoms with Crippen LogP contribution in [0.25, 0.3) is 0 Å². The quantitative estimate of drug-likeness (QED) is 0.480. The molecular weight excluding hydrogens is 306 g/mol. The van der Waals surface area contributed by atoms with Gasteiger partial charge in [-0.2, -0.15) is 0 Å². The monoisotopic (exact) mass is 325 g/mol. The lowest BCUT2D eigenvalue weighted by Crippen LogP contribution is -2.26. The summed E-state index contributed by atoms with van der Waals surface area (Å²) in [7, 11) is -3.65. The highest BCUT2D eigenvalue weighted by Gasteiger charge is 2.20. The summed E-state index contributed by atoms with van der Waals surface area (Å²) in [6.07, 6.45) is 2.03. The summed E-state index contributed by atoms with van der Waals surface area (Å²) in [6, 6.07) is 19.2. The highest BCUT2D eigenvalue weighted by Crippen LogP contribution is 2.15. The Bertz CT molecular complexity index is 813. The minimum atomic E-state index is -3.65. The fraction of sp³-hybridized carbons (Fsp3) is 0.158. The van der Waals surface area contributed by atoms with Crippen molar-refractivity contribution in [2.45, 2.75) is 18.2 Å². The molecule has 0 aliphatic heterocycles. The number of sulfonamides is 1. The Balaban J connectivity index is 2.24. The fourth-order valence-electron chi connectivity index (χ4n) is 1.98. The summed E-state index contributed by atoms with van der Waals surface area (Å²) >= 11 is 0. The van der Waals surface area contributed by atoms with E-state index in [-0.39, 0.29) is 11.4 Å². The van der Waals surface area contributed by atoms with Crippen LogP contribution in [0.3, 0.4) is 0 Å². The van der Waals surface area contributed by atoms with Gasteiger partial charge < -0.3 is 0 Å². The third-order valence-electron chi connectivity index (χ3n) is 3.24. The first kappa shape index (κ1) is 16.9. The van der Waals surface area contributed by atoms with Gasteiger partial charge in [-0.25, -0.2) is 12.7 Å². The van der Waals surface area contributed by atoms with Crippen molar-refractivity contribution in [3.63, 3.8) is 0 Å². The normalized spacial score (nSPS) is 10.5. The van der Waals surface area contributed by atoms with Gasteiger partial charge in [-0.1, -0.05) is 60.0 Å². The van der Waals surface area contributed by atoms with E-state index in [0.29, 0.717) is 6.42 Å². The second kappa shape index (κ2) is 7.66. The molecule has 0 N–H and O–H groups in total. The zero-order chi connectivity index (χ0) is 16.7. The molecule has 0 saturated heterocycles. The summed E-state index contributed by atoms with van der Waals surface area (Å²) in [6.45, 7) is 5.68. The summed E-state index contributed by atoms with van der Waals surface area (Å²) in [4.78, 5) is 0.235. The largest absolute Gasteiger partial charge is 0.271 e. The molecule has 2 rings (SSSR count). The molecule has 0 radical (unpaired) electrons. The van der Waals surface area contributed by atoms with Crippen LogP contribution >= 0.6 is 0 Å². The van der Waals surface area contributed by atoms with Gasteiger partial charge in [0.15, 0.2) is 0 Å². The molecule has 0 atom stereocenters. The van der Waals surface area contributed by atoms with Crippen LogP contribution in [0.15, 0.2) is 72.1 Å². The first-order valence-corrected chi connectivity index (χ1v) is 8.71.